The number of nitrogens with zero attached hydrogens (tertiary/aromatic N) is 7. The standard InChI is InChI=1S/C46H50N10O10S/c1-27(2)42(58)53-45-52-41-39(43(59)54-45)50-26-56(41)44-38(66-67(60,61)51-21-28-18-32(19-37(28)57)55-25-49-36-22-47-24-48-40(36)55)20-35(65-44)23-64-46(29-8-6-5-7-9-29,30-10-14-33(62-3)15-11-30)31-12-16-34(63-4)17-13-31/h5-17,22,24-28,32,35,37-38,44,51,57H,18-21,23H2,1-4H3,(H2,52,53,54,58,59)/t28-,32-,35+,37+,38-,44-/m1/s1. The molecule has 20 nitrogen and oxygen atoms in total. The van der Waals surface area contributed by atoms with Gasteiger partial charge in [0.2, 0.25) is 11.9 Å². The largest absolute Gasteiger partial charge is 0.497 e. The molecule has 1 aliphatic carbocycles. The molecule has 4 N–H and O–H groups in total. The van der Waals surface area contributed by atoms with Gasteiger partial charge in [0.1, 0.15) is 35.0 Å². The van der Waals surface area contributed by atoms with Gasteiger partial charge in [-0.05, 0) is 53.8 Å². The number of amides is 1. The minimum Gasteiger partial charge on any atom is -0.497 e. The number of aromatic amines is 1. The number of hydrogen-bond donors (Lipinski definition) is 4. The van der Waals surface area contributed by atoms with Gasteiger partial charge in [-0.3, -0.25) is 24.5 Å². The second-order valence-electron chi connectivity index (χ2n) is 16.9. The summed E-state index contributed by atoms with van der Waals surface area (Å²) in [6, 6.07) is 24.6. The van der Waals surface area contributed by atoms with Gasteiger partial charge >= 0.3 is 10.3 Å². The summed E-state index contributed by atoms with van der Waals surface area (Å²) in [5, 5.41) is 13.7. The van der Waals surface area contributed by atoms with Gasteiger partial charge in [0.25, 0.3) is 5.56 Å². The third-order valence-corrected chi connectivity index (χ3v) is 13.3. The maximum Gasteiger partial charge on any atom is 0.336 e. The molecule has 1 saturated carbocycles. The summed E-state index contributed by atoms with van der Waals surface area (Å²) in [4.78, 5) is 50.0. The molecule has 0 radical (unpaired) electrons. The number of aliphatic hydroxyl groups is 1. The number of fused-ring (bicyclic) bond motifs is 2. The lowest BCUT2D eigenvalue weighted by molar-refractivity contribution is -0.118. The minimum atomic E-state index is -4.53. The van der Waals surface area contributed by atoms with Crippen LogP contribution < -0.4 is 25.1 Å². The smallest absolute Gasteiger partial charge is 0.336 e. The number of rotatable bonds is 17. The summed E-state index contributed by atoms with van der Waals surface area (Å²) in [5.74, 6) is -0.103. The normalized spacial score (nSPS) is 21.0. The molecule has 9 rings (SSSR count). The molecule has 1 amide bonds. The summed E-state index contributed by atoms with van der Waals surface area (Å²) in [5.41, 5.74) is 1.63. The van der Waals surface area contributed by atoms with Crippen LogP contribution in [0.15, 0.2) is 109 Å². The number of aliphatic hydroxyl groups excluding tert-OH is 1. The molecule has 1 aliphatic heterocycles. The molecule has 2 aliphatic rings. The predicted molar refractivity (Wildman–Crippen MR) is 243 cm³/mol. The number of aromatic nitrogens is 8. The first-order valence-electron chi connectivity index (χ1n) is 21.8. The van der Waals surface area contributed by atoms with Crippen molar-refractivity contribution in [2.24, 2.45) is 11.8 Å². The molecule has 4 aromatic heterocycles. The van der Waals surface area contributed by atoms with Gasteiger partial charge in [-0.2, -0.15) is 18.1 Å². The third-order valence-electron chi connectivity index (χ3n) is 12.3. The maximum absolute atomic E-state index is 14.0. The molecule has 0 bridgehead atoms. The Balaban J connectivity index is 1.02. The van der Waals surface area contributed by atoms with Crippen LogP contribution in [0.5, 0.6) is 11.5 Å². The lowest BCUT2D eigenvalue weighted by atomic mass is 9.80. The Hall–Kier alpha value is -6.62. The number of ether oxygens (including phenoxy) is 4. The fourth-order valence-electron chi connectivity index (χ4n) is 8.86. The summed E-state index contributed by atoms with van der Waals surface area (Å²) in [7, 11) is -1.35. The summed E-state index contributed by atoms with van der Waals surface area (Å²) in [6.07, 6.45) is 2.71. The molecule has 0 unspecified atom stereocenters. The number of hydrogen-bond acceptors (Lipinski definition) is 15. The van der Waals surface area contributed by atoms with Crippen molar-refractivity contribution in [2.75, 3.05) is 32.7 Å². The Morgan fingerprint density at radius 1 is 0.896 bits per heavy atom. The van der Waals surface area contributed by atoms with E-state index in [9.17, 15) is 23.1 Å². The van der Waals surface area contributed by atoms with Gasteiger partial charge in [0, 0.05) is 30.8 Å². The van der Waals surface area contributed by atoms with Crippen molar-refractivity contribution in [3.05, 3.63) is 131 Å². The molecule has 350 valence electrons. The van der Waals surface area contributed by atoms with E-state index in [0.29, 0.717) is 35.5 Å². The van der Waals surface area contributed by atoms with Crippen LogP contribution in [0.3, 0.4) is 0 Å². The average Bonchev–Trinajstić information content (AvgIpc) is 4.14. The van der Waals surface area contributed by atoms with Gasteiger partial charge in [-0.15, -0.1) is 0 Å². The van der Waals surface area contributed by atoms with E-state index < -0.39 is 57.8 Å². The highest BCUT2D eigenvalue weighted by Gasteiger charge is 2.45. The van der Waals surface area contributed by atoms with Crippen molar-refractivity contribution in [3.63, 3.8) is 0 Å². The van der Waals surface area contributed by atoms with Crippen LogP contribution >= 0.6 is 0 Å². The van der Waals surface area contributed by atoms with Crippen LogP contribution in [0.4, 0.5) is 5.95 Å². The summed E-state index contributed by atoms with van der Waals surface area (Å²) in [6.45, 7) is 3.18. The summed E-state index contributed by atoms with van der Waals surface area (Å²) >= 11 is 0. The first-order valence-corrected chi connectivity index (χ1v) is 23.2. The SMILES string of the molecule is COc1ccc(C(OC[C@@H]2C[C@@H](OS(=O)(=O)NC[C@H]3C[C@@H](n4cnc5cncnc54)C[C@@H]3O)[C@H](n3cnc4c(=O)[nH]c(NC(=O)C(C)C)nc43)O2)(c2ccccc2)c2ccc(OC)cc2)cc1. The molecule has 2 fully saturated rings. The van der Waals surface area contributed by atoms with Gasteiger partial charge in [0.05, 0.1) is 51.9 Å². The van der Waals surface area contributed by atoms with Crippen LogP contribution in [0, 0.1) is 11.8 Å². The van der Waals surface area contributed by atoms with Crippen molar-refractivity contribution in [1.29, 1.82) is 0 Å². The Morgan fingerprint density at radius 3 is 2.24 bits per heavy atom. The maximum atomic E-state index is 14.0. The molecule has 7 aromatic rings. The fourth-order valence-corrected chi connectivity index (χ4v) is 9.84. The molecule has 6 atom stereocenters. The van der Waals surface area contributed by atoms with Crippen molar-refractivity contribution in [3.8, 4) is 11.5 Å². The lowest BCUT2D eigenvalue weighted by Gasteiger charge is -2.37. The Bertz CT molecular complexity index is 2970. The van der Waals surface area contributed by atoms with Crippen LogP contribution in [0.1, 0.15) is 62.1 Å². The fraction of sp³-hybridized carbons (Fsp3) is 0.370. The quantitative estimate of drug-likeness (QED) is 0.0925. The molecular weight excluding hydrogens is 885 g/mol. The van der Waals surface area contributed by atoms with Crippen molar-refractivity contribution < 1.29 is 41.4 Å². The molecule has 67 heavy (non-hydrogen) atoms. The third kappa shape index (κ3) is 9.25. The number of carbonyl (C=O) groups is 1. The van der Waals surface area contributed by atoms with Gasteiger partial charge in [0.15, 0.2) is 23.0 Å². The van der Waals surface area contributed by atoms with Crippen molar-refractivity contribution in [2.45, 2.75) is 69.3 Å². The zero-order chi connectivity index (χ0) is 46.9. The van der Waals surface area contributed by atoms with Gasteiger partial charge in [-0.1, -0.05) is 68.4 Å². The number of imidazole rings is 2. The van der Waals surface area contributed by atoms with Crippen LogP contribution in [0.25, 0.3) is 22.3 Å². The van der Waals surface area contributed by atoms with E-state index in [2.05, 4.69) is 39.9 Å². The van der Waals surface area contributed by atoms with Gasteiger partial charge < -0.3 is 28.6 Å². The molecule has 1 saturated heterocycles. The molecule has 5 heterocycles. The van der Waals surface area contributed by atoms with Crippen molar-refractivity contribution in [1.82, 2.24) is 43.8 Å². The first-order chi connectivity index (χ1) is 32.3. The highest BCUT2D eigenvalue weighted by Crippen LogP contribution is 2.44. The van der Waals surface area contributed by atoms with E-state index in [1.807, 2.05) is 83.4 Å². The Labute approximate surface area is 384 Å². The Kier molecular flexibility index (Phi) is 12.9. The number of carbonyl (C=O) groups excluding carboxylic acids is 1. The molecule has 3 aromatic carbocycles. The first kappa shape index (κ1) is 45.5. The summed E-state index contributed by atoms with van der Waals surface area (Å²) < 4.78 is 64.6. The highest BCUT2D eigenvalue weighted by molar-refractivity contribution is 7.84. The van der Waals surface area contributed by atoms with Gasteiger partial charge in [-0.25, -0.2) is 24.1 Å². The van der Waals surface area contributed by atoms with E-state index in [1.54, 1.807) is 40.6 Å². The van der Waals surface area contributed by atoms with Crippen LogP contribution in [-0.4, -0.2) is 104 Å². The average molecular weight is 935 g/mol. The van der Waals surface area contributed by atoms with Crippen LogP contribution in [0.2, 0.25) is 0 Å². The molecular formula is C46H50N10O10S. The number of anilines is 1. The second-order valence-corrected chi connectivity index (χ2v) is 18.2. The minimum absolute atomic E-state index is 0.00876. The zero-order valence-electron chi connectivity index (χ0n) is 37.1. The number of methoxy groups -OCH3 is 2. The van der Waals surface area contributed by atoms with E-state index >= 15 is 0 Å². The predicted octanol–water partition coefficient (Wildman–Crippen LogP) is 4.40. The zero-order valence-corrected chi connectivity index (χ0v) is 37.9. The lowest BCUT2D eigenvalue weighted by Crippen LogP contribution is -2.37. The van der Waals surface area contributed by atoms with Crippen LogP contribution in [-0.2, 0) is 34.4 Å². The van der Waals surface area contributed by atoms with E-state index in [4.69, 9.17) is 23.1 Å². The topological polar surface area (TPSA) is 249 Å². The van der Waals surface area contributed by atoms with E-state index in [1.165, 1.54) is 17.2 Å². The molecule has 21 heteroatoms. The highest BCUT2D eigenvalue weighted by atomic mass is 32.2. The van der Waals surface area contributed by atoms with E-state index in [0.717, 1.165) is 16.7 Å². The number of benzene rings is 3. The van der Waals surface area contributed by atoms with E-state index in [-0.39, 0.29) is 48.6 Å². The van der Waals surface area contributed by atoms with Crippen molar-refractivity contribution >= 4 is 44.5 Å². The monoisotopic (exact) mass is 934 g/mol. The Morgan fingerprint density at radius 2 is 1.57 bits per heavy atom. The molecule has 0 spiro atoms. The second kappa shape index (κ2) is 18.9. The number of H-pyrrole nitrogens is 1. The number of nitrogens with one attached hydrogen (secondary N) is 3.